The minimum atomic E-state index is -0.668. The zero-order chi connectivity index (χ0) is 16.7. The van der Waals surface area contributed by atoms with Gasteiger partial charge in [0.05, 0.1) is 6.54 Å². The van der Waals surface area contributed by atoms with Crippen LogP contribution in [0, 0.1) is 0 Å². The van der Waals surface area contributed by atoms with E-state index in [9.17, 15) is 0 Å². The molecule has 0 unspecified atom stereocenters. The number of ether oxygens (including phenoxy) is 4. The Hall–Kier alpha value is -1.80. The first-order chi connectivity index (χ1) is 11.6. The molecule has 2 aliphatic rings. The van der Waals surface area contributed by atoms with Crippen LogP contribution in [0.4, 0.5) is 0 Å². The highest BCUT2D eigenvalue weighted by Gasteiger charge is 2.57. The Kier molecular flexibility index (Phi) is 3.88. The zero-order valence-corrected chi connectivity index (χ0v) is 14.0. The summed E-state index contributed by atoms with van der Waals surface area (Å²) in [5.41, 5.74) is 1.17. The molecule has 4 rings (SSSR count). The van der Waals surface area contributed by atoms with Crippen molar-refractivity contribution < 1.29 is 18.9 Å². The maximum Gasteiger partial charge on any atom is 0.187 e. The second-order valence-corrected chi connectivity index (χ2v) is 6.53. The lowest BCUT2D eigenvalue weighted by molar-refractivity contribution is -0.229. The first-order valence-electron chi connectivity index (χ1n) is 8.03. The predicted molar refractivity (Wildman–Crippen MR) is 84.0 cm³/mol. The van der Waals surface area contributed by atoms with Crippen molar-refractivity contribution in [1.82, 2.24) is 14.8 Å². The van der Waals surface area contributed by atoms with Crippen LogP contribution in [0.2, 0.25) is 0 Å². The summed E-state index contributed by atoms with van der Waals surface area (Å²) in [5, 5.41) is 8.33. The summed E-state index contributed by atoms with van der Waals surface area (Å²) in [6.07, 6.45) is 0.291. The van der Waals surface area contributed by atoms with Gasteiger partial charge >= 0.3 is 0 Å². The Balaban J connectivity index is 1.61. The van der Waals surface area contributed by atoms with Crippen molar-refractivity contribution in [3.8, 4) is 0 Å². The summed E-state index contributed by atoms with van der Waals surface area (Å²) in [6, 6.07) is 10.2. The van der Waals surface area contributed by atoms with E-state index in [1.165, 1.54) is 5.56 Å². The maximum atomic E-state index is 6.04. The van der Waals surface area contributed by atoms with Gasteiger partial charge in [-0.05, 0) is 19.4 Å². The highest BCUT2D eigenvalue weighted by Crippen LogP contribution is 2.44. The van der Waals surface area contributed by atoms with Crippen LogP contribution in [-0.2, 0) is 25.5 Å². The van der Waals surface area contributed by atoms with Gasteiger partial charge in [-0.25, -0.2) is 0 Å². The number of hydrogen-bond donors (Lipinski definition) is 0. The van der Waals surface area contributed by atoms with Crippen molar-refractivity contribution in [3.63, 3.8) is 0 Å². The van der Waals surface area contributed by atoms with E-state index >= 15 is 0 Å². The largest absolute Gasteiger partial charge is 0.353 e. The molecule has 128 valence electrons. The zero-order valence-electron chi connectivity index (χ0n) is 14.0. The van der Waals surface area contributed by atoms with Gasteiger partial charge in [0.2, 0.25) is 0 Å². The van der Waals surface area contributed by atoms with Gasteiger partial charge in [-0.2, -0.15) is 0 Å². The lowest BCUT2D eigenvalue weighted by Gasteiger charge is -2.23. The van der Waals surface area contributed by atoms with E-state index in [0.29, 0.717) is 6.54 Å². The molecule has 7 nitrogen and oxygen atoms in total. The SMILES string of the molecule is CO[C@@H]1O[C@H](c2nncn2Cc2ccccc2)[C@H]2OC(C)(C)O[C@@H]12. The van der Waals surface area contributed by atoms with E-state index < -0.39 is 12.1 Å². The number of methoxy groups -OCH3 is 1. The van der Waals surface area contributed by atoms with E-state index in [1.54, 1.807) is 13.4 Å². The second kappa shape index (κ2) is 5.93. The highest BCUT2D eigenvalue weighted by atomic mass is 16.8. The lowest BCUT2D eigenvalue weighted by Crippen LogP contribution is -2.30. The Labute approximate surface area is 140 Å². The highest BCUT2D eigenvalue weighted by molar-refractivity contribution is 5.16. The van der Waals surface area contributed by atoms with Crippen LogP contribution in [0.3, 0.4) is 0 Å². The first-order valence-corrected chi connectivity index (χ1v) is 8.03. The van der Waals surface area contributed by atoms with Crippen LogP contribution in [0.5, 0.6) is 0 Å². The van der Waals surface area contributed by atoms with Crippen LogP contribution in [0.25, 0.3) is 0 Å². The smallest absolute Gasteiger partial charge is 0.187 e. The number of fused-ring (bicyclic) bond motifs is 1. The Morgan fingerprint density at radius 1 is 1.17 bits per heavy atom. The van der Waals surface area contributed by atoms with Gasteiger partial charge in [0, 0.05) is 7.11 Å². The molecule has 2 saturated heterocycles. The molecule has 0 amide bonds. The van der Waals surface area contributed by atoms with Crippen molar-refractivity contribution in [2.24, 2.45) is 0 Å². The molecule has 0 aliphatic carbocycles. The van der Waals surface area contributed by atoms with E-state index in [0.717, 1.165) is 5.82 Å². The quantitative estimate of drug-likeness (QED) is 0.852. The standard InChI is InChI=1S/C17H21N3O4/c1-17(2)23-12-13(22-16(21-3)14(12)24-17)15-19-18-10-20(15)9-11-7-5-4-6-8-11/h4-8,10,12-14,16H,9H2,1-3H3/t12-,13+,14-,16-/m1/s1. The maximum absolute atomic E-state index is 6.04. The molecule has 1 aromatic carbocycles. The van der Waals surface area contributed by atoms with Crippen LogP contribution in [0.1, 0.15) is 31.3 Å². The Morgan fingerprint density at radius 3 is 2.67 bits per heavy atom. The number of nitrogens with zero attached hydrogens (tertiary/aromatic N) is 3. The Morgan fingerprint density at radius 2 is 1.92 bits per heavy atom. The molecule has 2 aliphatic heterocycles. The summed E-state index contributed by atoms with van der Waals surface area (Å²) < 4.78 is 25.4. The molecule has 24 heavy (non-hydrogen) atoms. The molecule has 0 saturated carbocycles. The fourth-order valence-electron chi connectivity index (χ4n) is 3.34. The van der Waals surface area contributed by atoms with Crippen molar-refractivity contribution in [1.29, 1.82) is 0 Å². The summed E-state index contributed by atoms with van der Waals surface area (Å²) >= 11 is 0. The van der Waals surface area contributed by atoms with Crippen molar-refractivity contribution >= 4 is 0 Å². The summed E-state index contributed by atoms with van der Waals surface area (Å²) in [7, 11) is 1.60. The van der Waals surface area contributed by atoms with Gasteiger partial charge in [-0.1, -0.05) is 30.3 Å². The van der Waals surface area contributed by atoms with Crippen molar-refractivity contribution in [2.75, 3.05) is 7.11 Å². The van der Waals surface area contributed by atoms with Crippen LogP contribution < -0.4 is 0 Å². The van der Waals surface area contributed by atoms with Gasteiger partial charge in [-0.15, -0.1) is 10.2 Å². The van der Waals surface area contributed by atoms with Crippen molar-refractivity contribution in [3.05, 3.63) is 48.0 Å². The van der Waals surface area contributed by atoms with E-state index in [1.807, 2.05) is 36.6 Å². The van der Waals surface area contributed by atoms with Crippen LogP contribution in [0.15, 0.2) is 36.7 Å². The minimum absolute atomic E-state index is 0.274. The van der Waals surface area contributed by atoms with E-state index in [4.69, 9.17) is 18.9 Å². The molecule has 0 bridgehead atoms. The van der Waals surface area contributed by atoms with Gasteiger partial charge < -0.3 is 23.5 Å². The fourth-order valence-corrected chi connectivity index (χ4v) is 3.34. The van der Waals surface area contributed by atoms with E-state index in [2.05, 4.69) is 22.3 Å². The number of benzene rings is 1. The van der Waals surface area contributed by atoms with Crippen LogP contribution >= 0.6 is 0 Å². The minimum Gasteiger partial charge on any atom is -0.353 e. The average Bonchev–Trinajstić information content (AvgIpc) is 3.21. The van der Waals surface area contributed by atoms with Gasteiger partial charge in [0.1, 0.15) is 24.6 Å². The van der Waals surface area contributed by atoms with Crippen LogP contribution in [-0.4, -0.2) is 46.2 Å². The molecular formula is C17H21N3O4. The summed E-state index contributed by atoms with van der Waals surface area (Å²) in [6.45, 7) is 4.45. The van der Waals surface area contributed by atoms with Gasteiger partial charge in [0.15, 0.2) is 17.9 Å². The molecule has 7 heteroatoms. The summed E-state index contributed by atoms with van der Waals surface area (Å²) in [5.74, 6) is 0.0491. The molecule has 0 radical (unpaired) electrons. The molecule has 2 fully saturated rings. The second-order valence-electron chi connectivity index (χ2n) is 6.53. The predicted octanol–water partition coefficient (Wildman–Crippen LogP) is 1.89. The van der Waals surface area contributed by atoms with Gasteiger partial charge in [-0.3, -0.25) is 0 Å². The molecule has 1 aromatic heterocycles. The third-order valence-electron chi connectivity index (χ3n) is 4.34. The van der Waals surface area contributed by atoms with Gasteiger partial charge in [0.25, 0.3) is 0 Å². The molecular weight excluding hydrogens is 310 g/mol. The summed E-state index contributed by atoms with van der Waals surface area (Å²) in [4.78, 5) is 0. The monoisotopic (exact) mass is 331 g/mol. The number of aromatic nitrogens is 3. The molecule has 0 N–H and O–H groups in total. The lowest BCUT2D eigenvalue weighted by atomic mass is 10.1. The fraction of sp³-hybridized carbons (Fsp3) is 0.529. The Bertz CT molecular complexity index is 703. The average molecular weight is 331 g/mol. The molecule has 3 heterocycles. The molecule has 0 spiro atoms. The third-order valence-corrected chi connectivity index (χ3v) is 4.34. The number of hydrogen-bond acceptors (Lipinski definition) is 6. The van der Waals surface area contributed by atoms with E-state index in [-0.39, 0.29) is 18.3 Å². The van der Waals surface area contributed by atoms with Crippen molar-refractivity contribution in [2.45, 2.75) is 50.8 Å². The molecule has 4 atom stereocenters. The number of rotatable bonds is 4. The first kappa shape index (κ1) is 15.7. The normalized spacial score (nSPS) is 31.3. The third kappa shape index (κ3) is 2.73. The topological polar surface area (TPSA) is 67.6 Å². The molecule has 2 aromatic rings.